The van der Waals surface area contributed by atoms with Gasteiger partial charge in [0.05, 0.1) is 5.56 Å². The largest absolute Gasteiger partial charge is 0.611 e. The van der Waals surface area contributed by atoms with Gasteiger partial charge >= 0.3 is 6.18 Å². The summed E-state index contributed by atoms with van der Waals surface area (Å²) >= 11 is 4.61. The lowest BCUT2D eigenvalue weighted by molar-refractivity contribution is -0.137. The molecule has 3 rings (SSSR count). The summed E-state index contributed by atoms with van der Waals surface area (Å²) in [6.07, 6.45) is -3.76. The number of fused-ring (bicyclic) bond motifs is 1. The van der Waals surface area contributed by atoms with Gasteiger partial charge in [-0.25, -0.2) is 15.0 Å². The molecule has 1 unspecified atom stereocenters. The third-order valence-electron chi connectivity index (χ3n) is 3.58. The third-order valence-corrected chi connectivity index (χ3v) is 5.13. The average Bonchev–Trinajstić information content (AvgIpc) is 2.89. The minimum Gasteiger partial charge on any atom is -0.611 e. The Morgan fingerprint density at radius 3 is 2.64 bits per heavy atom. The van der Waals surface area contributed by atoms with Gasteiger partial charge in [-0.2, -0.15) is 13.2 Å². The molecule has 0 N–H and O–H groups in total. The molecule has 0 aromatic carbocycles. The monoisotopic (exact) mass is 388 g/mol. The van der Waals surface area contributed by atoms with E-state index >= 15 is 0 Å². The highest BCUT2D eigenvalue weighted by molar-refractivity contribution is 7.91. The maximum atomic E-state index is 12.9. The molecule has 132 valence electrons. The first kappa shape index (κ1) is 18.0. The van der Waals surface area contributed by atoms with Gasteiger partial charge in [-0.05, 0) is 36.3 Å². The molecule has 0 aliphatic heterocycles. The van der Waals surface area contributed by atoms with Crippen molar-refractivity contribution in [3.8, 4) is 11.5 Å². The van der Waals surface area contributed by atoms with Crippen molar-refractivity contribution in [1.82, 2.24) is 19.5 Å². The van der Waals surface area contributed by atoms with Crippen molar-refractivity contribution in [2.45, 2.75) is 18.0 Å². The van der Waals surface area contributed by atoms with Crippen molar-refractivity contribution in [1.29, 1.82) is 0 Å². The van der Waals surface area contributed by atoms with Crippen molar-refractivity contribution in [2.24, 2.45) is 7.05 Å². The molecule has 1 atom stereocenters. The predicted octanol–water partition coefficient (Wildman–Crippen LogP) is 3.83. The van der Waals surface area contributed by atoms with Crippen LogP contribution in [0.1, 0.15) is 12.5 Å². The van der Waals surface area contributed by atoms with E-state index in [9.17, 15) is 17.7 Å². The Labute approximate surface area is 149 Å². The molecule has 0 saturated heterocycles. The highest BCUT2D eigenvalue weighted by atomic mass is 35.5. The Kier molecular flexibility index (Phi) is 4.65. The van der Waals surface area contributed by atoms with E-state index in [0.29, 0.717) is 10.6 Å². The van der Waals surface area contributed by atoms with Crippen molar-refractivity contribution in [2.75, 3.05) is 5.75 Å². The lowest BCUT2D eigenvalue weighted by Crippen LogP contribution is -2.09. The van der Waals surface area contributed by atoms with E-state index in [1.54, 1.807) is 20.0 Å². The van der Waals surface area contributed by atoms with Gasteiger partial charge in [0.25, 0.3) is 0 Å². The van der Waals surface area contributed by atoms with Crippen molar-refractivity contribution < 1.29 is 17.7 Å². The van der Waals surface area contributed by atoms with Gasteiger partial charge in [-0.15, -0.1) is 0 Å². The van der Waals surface area contributed by atoms with Crippen molar-refractivity contribution in [3.63, 3.8) is 0 Å². The fourth-order valence-corrected chi connectivity index (χ4v) is 3.40. The molecule has 0 radical (unpaired) electrons. The summed E-state index contributed by atoms with van der Waals surface area (Å²) in [4.78, 5) is 12.7. The number of alkyl halides is 3. The first-order chi connectivity index (χ1) is 11.7. The van der Waals surface area contributed by atoms with Gasteiger partial charge in [-0.3, -0.25) is 0 Å². The van der Waals surface area contributed by atoms with E-state index in [0.717, 1.165) is 12.3 Å². The zero-order valence-electron chi connectivity index (χ0n) is 13.1. The van der Waals surface area contributed by atoms with Crippen LogP contribution in [0.15, 0.2) is 29.3 Å². The topological polar surface area (TPSA) is 66.7 Å². The number of pyridine rings is 2. The molecule has 0 amide bonds. The number of hydrogen-bond acceptors (Lipinski definition) is 4. The van der Waals surface area contributed by atoms with Crippen LogP contribution in [0.5, 0.6) is 0 Å². The third kappa shape index (κ3) is 3.31. The zero-order chi connectivity index (χ0) is 18.4. The number of rotatable bonds is 3. The molecule has 0 bridgehead atoms. The van der Waals surface area contributed by atoms with Gasteiger partial charge in [-0.1, -0.05) is 11.6 Å². The van der Waals surface area contributed by atoms with Crippen LogP contribution in [0.25, 0.3) is 22.7 Å². The first-order valence-electron chi connectivity index (χ1n) is 7.17. The molecular formula is C15H12ClF3N4OS. The maximum absolute atomic E-state index is 12.9. The number of nitrogens with zero attached hydrogens (tertiary/aromatic N) is 4. The summed E-state index contributed by atoms with van der Waals surface area (Å²) in [5.41, 5.74) is -0.289. The van der Waals surface area contributed by atoms with Crippen LogP contribution in [0.3, 0.4) is 0 Å². The van der Waals surface area contributed by atoms with E-state index in [1.165, 1.54) is 10.6 Å². The second-order valence-electron chi connectivity index (χ2n) is 5.17. The predicted molar refractivity (Wildman–Crippen MR) is 88.7 cm³/mol. The van der Waals surface area contributed by atoms with Crippen molar-refractivity contribution in [3.05, 3.63) is 35.1 Å². The van der Waals surface area contributed by atoms with Crippen LogP contribution in [0, 0.1) is 0 Å². The molecule has 0 spiro atoms. The number of hydrogen-bond donors (Lipinski definition) is 0. The van der Waals surface area contributed by atoms with Gasteiger partial charge in [0.15, 0.2) is 22.1 Å². The Bertz CT molecular complexity index is 944. The normalized spacial score (nSPS) is 13.4. The second-order valence-corrected chi connectivity index (χ2v) is 7.27. The second kappa shape index (κ2) is 6.47. The molecule has 10 heteroatoms. The summed E-state index contributed by atoms with van der Waals surface area (Å²) in [6, 6.07) is 4.02. The molecular weight excluding hydrogens is 377 g/mol. The minimum absolute atomic E-state index is 0.0716. The number of aryl methyl sites for hydroxylation is 1. The van der Waals surface area contributed by atoms with Gasteiger partial charge in [0, 0.05) is 13.2 Å². The van der Waals surface area contributed by atoms with Gasteiger partial charge in [0.1, 0.15) is 16.4 Å². The average molecular weight is 389 g/mol. The van der Waals surface area contributed by atoms with Crippen LogP contribution in [-0.4, -0.2) is 29.8 Å². The van der Waals surface area contributed by atoms with Crippen LogP contribution in [0.2, 0.25) is 5.15 Å². The molecule has 3 aromatic heterocycles. The molecule has 3 heterocycles. The lowest BCUT2D eigenvalue weighted by Gasteiger charge is -2.11. The van der Waals surface area contributed by atoms with E-state index in [4.69, 9.17) is 11.6 Å². The fourth-order valence-electron chi connectivity index (χ4n) is 2.36. The summed E-state index contributed by atoms with van der Waals surface area (Å²) in [5, 5.41) is 0.169. The van der Waals surface area contributed by atoms with Crippen LogP contribution >= 0.6 is 11.6 Å². The Balaban J connectivity index is 2.23. The maximum Gasteiger partial charge on any atom is 0.417 e. The number of halogens is 4. The van der Waals surface area contributed by atoms with Crippen molar-refractivity contribution >= 4 is 33.9 Å². The highest BCUT2D eigenvalue weighted by Crippen LogP contribution is 2.33. The summed E-state index contributed by atoms with van der Waals surface area (Å²) in [6.45, 7) is 1.75. The Morgan fingerprint density at radius 1 is 1.28 bits per heavy atom. The molecule has 0 fully saturated rings. The standard InChI is InChI=1S/C15H12ClF3N4OS/c1-3-25(24)10-4-5-11(16)22-12(10)14-21-9-6-8(15(17,18)19)7-20-13(9)23(14)2/h4-7H,3H2,1-2H3. The van der Waals surface area contributed by atoms with Crippen LogP contribution in [-0.2, 0) is 24.4 Å². The number of aromatic nitrogens is 4. The summed E-state index contributed by atoms with van der Waals surface area (Å²) in [7, 11) is 1.60. The number of imidazole rings is 1. The van der Waals surface area contributed by atoms with E-state index in [2.05, 4.69) is 15.0 Å². The quantitative estimate of drug-likeness (QED) is 0.505. The molecule has 5 nitrogen and oxygen atoms in total. The fraction of sp³-hybridized carbons (Fsp3) is 0.267. The minimum atomic E-state index is -4.51. The SMILES string of the molecule is CC[S+]([O-])c1ccc(Cl)nc1-c1nc2cc(C(F)(F)F)cnc2n1C. The molecule has 3 aromatic rings. The molecule has 0 aliphatic carbocycles. The van der Waals surface area contributed by atoms with Crippen LogP contribution < -0.4 is 0 Å². The summed E-state index contributed by atoms with van der Waals surface area (Å²) in [5.74, 6) is 0.609. The first-order valence-corrected chi connectivity index (χ1v) is 8.87. The Morgan fingerprint density at radius 2 is 2.00 bits per heavy atom. The molecule has 0 saturated carbocycles. The van der Waals surface area contributed by atoms with E-state index in [-0.39, 0.29) is 27.8 Å². The van der Waals surface area contributed by atoms with E-state index < -0.39 is 22.9 Å². The van der Waals surface area contributed by atoms with Gasteiger partial charge < -0.3 is 9.12 Å². The summed E-state index contributed by atoms with van der Waals surface area (Å²) < 4.78 is 52.4. The van der Waals surface area contributed by atoms with E-state index in [1.807, 2.05) is 0 Å². The molecule has 0 aliphatic rings. The highest BCUT2D eigenvalue weighted by Gasteiger charge is 2.32. The smallest absolute Gasteiger partial charge is 0.417 e. The zero-order valence-corrected chi connectivity index (χ0v) is 14.7. The van der Waals surface area contributed by atoms with Gasteiger partial charge in [0.2, 0.25) is 0 Å². The van der Waals surface area contributed by atoms with Crippen LogP contribution in [0.4, 0.5) is 13.2 Å². The lowest BCUT2D eigenvalue weighted by atomic mass is 10.2. The Hall–Kier alpha value is -1.84. The molecule has 25 heavy (non-hydrogen) atoms.